The quantitative estimate of drug-likeness (QED) is 0.826. The molecule has 0 spiro atoms. The number of anilines is 2. The van der Waals surface area contributed by atoms with Crippen molar-refractivity contribution in [3.8, 4) is 0 Å². The molecule has 1 amide bonds. The summed E-state index contributed by atoms with van der Waals surface area (Å²) in [5.74, 6) is -0.132. The number of nitrogens with one attached hydrogen (secondary N) is 1. The van der Waals surface area contributed by atoms with E-state index in [2.05, 4.69) is 24.1 Å². The van der Waals surface area contributed by atoms with Gasteiger partial charge in [-0.2, -0.15) is 0 Å². The van der Waals surface area contributed by atoms with Crippen LogP contribution in [-0.2, 0) is 11.3 Å². The number of hydrogen-bond acceptors (Lipinski definition) is 4. The minimum Gasteiger partial charge on any atom is -0.394 e. The van der Waals surface area contributed by atoms with Crippen LogP contribution in [0.25, 0.3) is 0 Å². The SMILES string of the molecule is CC(C)(C)[C@@H](CO)NC(=O)CN1[C]N(Cc2ccccc2)c2ccccc21. The van der Waals surface area contributed by atoms with Crippen molar-refractivity contribution in [2.45, 2.75) is 33.4 Å². The van der Waals surface area contributed by atoms with Gasteiger partial charge in [-0.05, 0) is 23.1 Å². The van der Waals surface area contributed by atoms with Gasteiger partial charge in [0.2, 0.25) is 12.6 Å². The Bertz CT molecular complexity index is 771. The van der Waals surface area contributed by atoms with Gasteiger partial charge in [-0.15, -0.1) is 0 Å². The summed E-state index contributed by atoms with van der Waals surface area (Å²) in [6.45, 7) is 10.1. The number of carbonyl (C=O) groups excluding carboxylic acids is 1. The maximum atomic E-state index is 12.6. The van der Waals surface area contributed by atoms with Crippen LogP contribution in [0.2, 0.25) is 0 Å². The number of carbonyl (C=O) groups is 1. The number of amides is 1. The Kier molecular flexibility index (Phi) is 5.71. The number of hydrogen-bond donors (Lipinski definition) is 2. The van der Waals surface area contributed by atoms with Gasteiger partial charge in [-0.3, -0.25) is 4.79 Å². The van der Waals surface area contributed by atoms with Gasteiger partial charge in [0.05, 0.1) is 30.6 Å². The van der Waals surface area contributed by atoms with Gasteiger partial charge in [0, 0.05) is 6.54 Å². The van der Waals surface area contributed by atoms with E-state index in [1.54, 1.807) is 0 Å². The summed E-state index contributed by atoms with van der Waals surface area (Å²) in [7, 11) is 0. The average molecular weight is 365 g/mol. The third-order valence-electron chi connectivity index (χ3n) is 4.75. The van der Waals surface area contributed by atoms with Gasteiger partial charge in [0.25, 0.3) is 0 Å². The lowest BCUT2D eigenvalue weighted by Gasteiger charge is -2.30. The van der Waals surface area contributed by atoms with E-state index in [9.17, 15) is 9.90 Å². The summed E-state index contributed by atoms with van der Waals surface area (Å²) in [5.41, 5.74) is 2.96. The molecule has 2 aromatic rings. The van der Waals surface area contributed by atoms with Crippen molar-refractivity contribution in [3.63, 3.8) is 0 Å². The fraction of sp³-hybridized carbons (Fsp3) is 0.364. The monoisotopic (exact) mass is 365 g/mol. The third kappa shape index (κ3) is 4.61. The van der Waals surface area contributed by atoms with Crippen LogP contribution < -0.4 is 15.1 Å². The molecule has 0 fully saturated rings. The summed E-state index contributed by atoms with van der Waals surface area (Å²) in [4.78, 5) is 16.4. The van der Waals surface area contributed by atoms with E-state index in [4.69, 9.17) is 0 Å². The van der Waals surface area contributed by atoms with Crippen molar-refractivity contribution in [2.24, 2.45) is 5.41 Å². The molecule has 0 aliphatic carbocycles. The highest BCUT2D eigenvalue weighted by Crippen LogP contribution is 2.38. The maximum Gasteiger partial charge on any atom is 0.239 e. The number of nitrogens with zero attached hydrogens (tertiary/aromatic N) is 2. The molecule has 1 atom stereocenters. The van der Waals surface area contributed by atoms with E-state index >= 15 is 0 Å². The fourth-order valence-electron chi connectivity index (χ4n) is 3.10. The topological polar surface area (TPSA) is 55.8 Å². The minimum absolute atomic E-state index is 0.0839. The zero-order chi connectivity index (χ0) is 19.4. The van der Waals surface area contributed by atoms with Crippen molar-refractivity contribution >= 4 is 17.3 Å². The van der Waals surface area contributed by atoms with E-state index in [1.807, 2.05) is 73.0 Å². The second-order valence-corrected chi connectivity index (χ2v) is 7.92. The molecule has 0 unspecified atom stereocenters. The van der Waals surface area contributed by atoms with Gasteiger partial charge in [-0.1, -0.05) is 63.2 Å². The molecule has 1 aliphatic rings. The number of benzene rings is 2. The van der Waals surface area contributed by atoms with E-state index in [0.717, 1.165) is 11.4 Å². The van der Waals surface area contributed by atoms with Crippen LogP contribution in [0, 0.1) is 12.1 Å². The van der Waals surface area contributed by atoms with E-state index in [1.165, 1.54) is 5.56 Å². The van der Waals surface area contributed by atoms with Gasteiger partial charge >= 0.3 is 0 Å². The molecule has 27 heavy (non-hydrogen) atoms. The molecule has 0 aromatic heterocycles. The van der Waals surface area contributed by atoms with Gasteiger partial charge in [0.1, 0.15) is 0 Å². The van der Waals surface area contributed by atoms with Crippen molar-refractivity contribution < 1.29 is 9.90 Å². The minimum atomic E-state index is -0.289. The van der Waals surface area contributed by atoms with Crippen LogP contribution in [0.1, 0.15) is 26.3 Å². The van der Waals surface area contributed by atoms with E-state index in [0.29, 0.717) is 6.54 Å². The Morgan fingerprint density at radius 2 is 1.63 bits per heavy atom. The van der Waals surface area contributed by atoms with Gasteiger partial charge in [0.15, 0.2) is 0 Å². The van der Waals surface area contributed by atoms with Crippen LogP contribution in [0.15, 0.2) is 54.6 Å². The van der Waals surface area contributed by atoms with E-state index < -0.39 is 0 Å². The number of aliphatic hydroxyl groups excluding tert-OH is 1. The van der Waals surface area contributed by atoms with E-state index in [-0.39, 0.29) is 30.5 Å². The first-order valence-electron chi connectivity index (χ1n) is 9.23. The summed E-state index contributed by atoms with van der Waals surface area (Å²) >= 11 is 0. The largest absolute Gasteiger partial charge is 0.394 e. The molecule has 142 valence electrons. The Hall–Kier alpha value is -2.53. The summed E-state index contributed by atoms with van der Waals surface area (Å²) in [6.07, 6.45) is 0. The highest BCUT2D eigenvalue weighted by atomic mass is 16.3. The highest BCUT2D eigenvalue weighted by molar-refractivity contribution is 5.87. The number of rotatable bonds is 6. The molecule has 2 aromatic carbocycles. The van der Waals surface area contributed by atoms with Gasteiger partial charge in [-0.25, -0.2) is 0 Å². The van der Waals surface area contributed by atoms with Crippen molar-refractivity contribution in [2.75, 3.05) is 23.0 Å². The van der Waals surface area contributed by atoms with Crippen molar-refractivity contribution in [3.05, 3.63) is 66.8 Å². The lowest BCUT2D eigenvalue weighted by molar-refractivity contribution is -0.121. The smallest absolute Gasteiger partial charge is 0.239 e. The first kappa shape index (κ1) is 19.2. The summed E-state index contributed by atoms with van der Waals surface area (Å²) in [5, 5.41) is 12.5. The molecule has 2 radical (unpaired) electrons. The molecule has 5 nitrogen and oxygen atoms in total. The molecular weight excluding hydrogens is 338 g/mol. The molecule has 1 aliphatic heterocycles. The van der Waals surface area contributed by atoms with Crippen LogP contribution in [0.3, 0.4) is 0 Å². The standard InChI is InChI=1S/C22H27N3O2/c1-22(2,3)20(15-26)23-21(27)14-25-16-24(13-17-9-5-4-6-10-17)18-11-7-8-12-19(18)25/h4-12,20,26H,13-15H2,1-3H3,(H,23,27)/t20-/m1/s1. The van der Waals surface area contributed by atoms with Crippen molar-refractivity contribution in [1.29, 1.82) is 0 Å². The summed E-state index contributed by atoms with van der Waals surface area (Å²) < 4.78 is 0. The lowest BCUT2D eigenvalue weighted by Crippen LogP contribution is -2.49. The van der Waals surface area contributed by atoms with Crippen LogP contribution in [-0.4, -0.2) is 30.2 Å². The average Bonchev–Trinajstić information content (AvgIpc) is 2.97. The van der Waals surface area contributed by atoms with Crippen molar-refractivity contribution in [1.82, 2.24) is 5.32 Å². The molecule has 5 heteroatoms. The Morgan fingerprint density at radius 3 is 2.22 bits per heavy atom. The molecule has 3 rings (SSSR count). The summed E-state index contributed by atoms with van der Waals surface area (Å²) in [6, 6.07) is 17.9. The predicted molar refractivity (Wildman–Crippen MR) is 108 cm³/mol. The lowest BCUT2D eigenvalue weighted by atomic mass is 9.87. The van der Waals surface area contributed by atoms with Crippen LogP contribution in [0.4, 0.5) is 11.4 Å². The second kappa shape index (κ2) is 8.01. The first-order chi connectivity index (χ1) is 12.9. The van der Waals surface area contributed by atoms with Crippen LogP contribution >= 0.6 is 0 Å². The highest BCUT2D eigenvalue weighted by Gasteiger charge is 2.31. The predicted octanol–water partition coefficient (Wildman–Crippen LogP) is 3.03. The Morgan fingerprint density at radius 1 is 1.04 bits per heavy atom. The second-order valence-electron chi connectivity index (χ2n) is 7.92. The Labute approximate surface area is 161 Å². The number of fused-ring (bicyclic) bond motifs is 1. The third-order valence-corrected chi connectivity index (χ3v) is 4.75. The fourth-order valence-corrected chi connectivity index (χ4v) is 3.10. The molecule has 1 heterocycles. The molecule has 2 N–H and O–H groups in total. The Balaban J connectivity index is 1.70. The number of para-hydroxylation sites is 2. The molecular formula is C22H27N3O2. The molecule has 0 saturated heterocycles. The molecule has 0 bridgehead atoms. The number of aliphatic hydroxyl groups is 1. The first-order valence-corrected chi connectivity index (χ1v) is 9.23. The normalized spacial score (nSPS) is 14.8. The van der Waals surface area contributed by atoms with Gasteiger partial charge < -0.3 is 20.2 Å². The van der Waals surface area contributed by atoms with Crippen LogP contribution in [0.5, 0.6) is 0 Å². The molecule has 0 saturated carbocycles. The zero-order valence-electron chi connectivity index (χ0n) is 16.1. The zero-order valence-corrected chi connectivity index (χ0v) is 16.1. The maximum absolute atomic E-state index is 12.6.